The molecule has 138 valence electrons. The molecule has 0 atom stereocenters. The maximum atomic E-state index is 4.68. The molecule has 0 aliphatic heterocycles. The Morgan fingerprint density at radius 3 is 1.24 bits per heavy atom. The second-order valence-corrected chi connectivity index (χ2v) is 6.79. The van der Waals surface area contributed by atoms with Crippen molar-refractivity contribution in [3.8, 4) is 45.0 Å². The first-order valence-corrected chi connectivity index (χ1v) is 9.61. The largest absolute Gasteiger partial charge is 0.353 e. The standard InChI is InChI=1S/C26H19N3/c1-3-11-19(12-4-1)25-23(21-15-7-9-17-27-21)24(22-16-8-10-18-28-22)26(29-25)20-13-5-2-6-14-20/h1-18,29H. The van der Waals surface area contributed by atoms with Crippen molar-refractivity contribution in [2.45, 2.75) is 0 Å². The number of nitrogens with zero attached hydrogens (tertiary/aromatic N) is 2. The number of pyridine rings is 2. The molecule has 0 fully saturated rings. The third-order valence-electron chi connectivity index (χ3n) is 4.97. The summed E-state index contributed by atoms with van der Waals surface area (Å²) in [6.07, 6.45) is 3.67. The molecule has 0 unspecified atom stereocenters. The van der Waals surface area contributed by atoms with Crippen LogP contribution in [0.4, 0.5) is 0 Å². The van der Waals surface area contributed by atoms with Crippen LogP contribution in [0.25, 0.3) is 45.0 Å². The Labute approximate surface area is 169 Å². The lowest BCUT2D eigenvalue weighted by atomic mass is 9.96. The minimum absolute atomic E-state index is 0.922. The molecule has 0 saturated carbocycles. The summed E-state index contributed by atoms with van der Waals surface area (Å²) in [6, 6.07) is 32.8. The van der Waals surface area contributed by atoms with E-state index in [-0.39, 0.29) is 0 Å². The van der Waals surface area contributed by atoms with Gasteiger partial charge in [-0.15, -0.1) is 0 Å². The van der Waals surface area contributed by atoms with E-state index in [1.54, 1.807) is 0 Å². The van der Waals surface area contributed by atoms with Gasteiger partial charge in [0.2, 0.25) is 0 Å². The van der Waals surface area contributed by atoms with Crippen molar-refractivity contribution in [1.29, 1.82) is 0 Å². The van der Waals surface area contributed by atoms with Crippen LogP contribution in [-0.2, 0) is 0 Å². The first-order valence-electron chi connectivity index (χ1n) is 9.61. The molecule has 0 aliphatic carbocycles. The zero-order valence-electron chi connectivity index (χ0n) is 15.8. The normalized spacial score (nSPS) is 10.8. The third kappa shape index (κ3) is 3.23. The van der Waals surface area contributed by atoms with Gasteiger partial charge < -0.3 is 4.98 Å². The fraction of sp³-hybridized carbons (Fsp3) is 0. The smallest absolute Gasteiger partial charge is 0.0730 e. The Hall–Kier alpha value is -3.98. The average Bonchev–Trinajstić information content (AvgIpc) is 3.22. The lowest BCUT2D eigenvalue weighted by Crippen LogP contribution is -1.89. The van der Waals surface area contributed by atoms with E-state index in [1.807, 2.05) is 48.8 Å². The van der Waals surface area contributed by atoms with Crippen molar-refractivity contribution in [3.05, 3.63) is 109 Å². The van der Waals surface area contributed by atoms with Gasteiger partial charge in [0.15, 0.2) is 0 Å². The summed E-state index contributed by atoms with van der Waals surface area (Å²) in [6.45, 7) is 0. The number of aromatic amines is 1. The molecule has 3 aromatic heterocycles. The van der Waals surface area contributed by atoms with E-state index in [2.05, 4.69) is 75.6 Å². The van der Waals surface area contributed by atoms with Crippen LogP contribution in [-0.4, -0.2) is 15.0 Å². The quantitative estimate of drug-likeness (QED) is 0.392. The van der Waals surface area contributed by atoms with Gasteiger partial charge in [-0.2, -0.15) is 0 Å². The highest BCUT2D eigenvalue weighted by Gasteiger charge is 2.23. The number of aromatic nitrogens is 3. The van der Waals surface area contributed by atoms with Crippen molar-refractivity contribution in [2.24, 2.45) is 0 Å². The molecule has 1 N–H and O–H groups in total. The van der Waals surface area contributed by atoms with Crippen LogP contribution in [0.3, 0.4) is 0 Å². The van der Waals surface area contributed by atoms with Crippen LogP contribution >= 0.6 is 0 Å². The number of H-pyrrole nitrogens is 1. The van der Waals surface area contributed by atoms with Crippen LogP contribution in [0.5, 0.6) is 0 Å². The molecule has 3 heteroatoms. The lowest BCUT2D eigenvalue weighted by molar-refractivity contribution is 1.31. The molecular weight excluding hydrogens is 354 g/mol. The molecule has 0 radical (unpaired) electrons. The number of rotatable bonds is 4. The fourth-order valence-corrected chi connectivity index (χ4v) is 3.68. The molecule has 5 rings (SSSR count). The molecule has 29 heavy (non-hydrogen) atoms. The second-order valence-electron chi connectivity index (χ2n) is 6.79. The SMILES string of the molecule is c1ccc(-c2[nH]c(-c3ccccc3)c(-c3ccccn3)c2-c2ccccn2)cc1. The van der Waals surface area contributed by atoms with Gasteiger partial charge in [-0.25, -0.2) is 0 Å². The van der Waals surface area contributed by atoms with Crippen molar-refractivity contribution in [2.75, 3.05) is 0 Å². The van der Waals surface area contributed by atoms with Crippen LogP contribution < -0.4 is 0 Å². The van der Waals surface area contributed by atoms with Gasteiger partial charge in [0.25, 0.3) is 0 Å². The lowest BCUT2D eigenvalue weighted by Gasteiger charge is -2.08. The van der Waals surface area contributed by atoms with Gasteiger partial charge in [0, 0.05) is 23.5 Å². The topological polar surface area (TPSA) is 41.6 Å². The van der Waals surface area contributed by atoms with E-state index < -0.39 is 0 Å². The van der Waals surface area contributed by atoms with E-state index in [4.69, 9.17) is 0 Å². The Bertz CT molecular complexity index is 1120. The van der Waals surface area contributed by atoms with Gasteiger partial charge in [-0.3, -0.25) is 9.97 Å². The van der Waals surface area contributed by atoms with Gasteiger partial charge >= 0.3 is 0 Å². The first kappa shape index (κ1) is 17.1. The Morgan fingerprint density at radius 2 is 0.862 bits per heavy atom. The Morgan fingerprint density at radius 1 is 0.448 bits per heavy atom. The summed E-state index contributed by atoms with van der Waals surface area (Å²) in [5.41, 5.74) is 8.30. The monoisotopic (exact) mass is 373 g/mol. The van der Waals surface area contributed by atoms with Crippen molar-refractivity contribution in [3.63, 3.8) is 0 Å². The molecule has 0 amide bonds. The maximum absolute atomic E-state index is 4.68. The molecule has 0 spiro atoms. The molecular formula is C26H19N3. The van der Waals surface area contributed by atoms with Crippen LogP contribution in [0, 0.1) is 0 Å². The van der Waals surface area contributed by atoms with E-state index in [9.17, 15) is 0 Å². The number of nitrogens with one attached hydrogen (secondary N) is 1. The molecule has 3 heterocycles. The molecule has 0 saturated heterocycles. The molecule has 0 bridgehead atoms. The number of hydrogen-bond acceptors (Lipinski definition) is 2. The zero-order chi connectivity index (χ0) is 19.5. The minimum atomic E-state index is 0.922. The first-order chi connectivity index (χ1) is 14.4. The van der Waals surface area contributed by atoms with E-state index >= 15 is 0 Å². The summed E-state index contributed by atoms with van der Waals surface area (Å²) < 4.78 is 0. The Kier molecular flexibility index (Phi) is 4.47. The third-order valence-corrected chi connectivity index (χ3v) is 4.97. The van der Waals surface area contributed by atoms with Crippen molar-refractivity contribution in [1.82, 2.24) is 15.0 Å². The highest BCUT2D eigenvalue weighted by atomic mass is 14.8. The predicted molar refractivity (Wildman–Crippen MR) is 118 cm³/mol. The van der Waals surface area contributed by atoms with Crippen LogP contribution in [0.1, 0.15) is 0 Å². The van der Waals surface area contributed by atoms with E-state index in [0.29, 0.717) is 0 Å². The number of hydrogen-bond donors (Lipinski definition) is 1. The highest BCUT2D eigenvalue weighted by Crippen LogP contribution is 2.44. The summed E-state index contributed by atoms with van der Waals surface area (Å²) in [5.74, 6) is 0. The second kappa shape index (κ2) is 7.56. The molecule has 5 aromatic rings. The Balaban J connectivity index is 1.89. The van der Waals surface area contributed by atoms with E-state index in [1.165, 1.54) is 0 Å². The van der Waals surface area contributed by atoms with Gasteiger partial charge in [0.1, 0.15) is 0 Å². The number of benzene rings is 2. The van der Waals surface area contributed by atoms with Crippen LogP contribution in [0.15, 0.2) is 109 Å². The van der Waals surface area contributed by atoms with Crippen molar-refractivity contribution < 1.29 is 0 Å². The maximum Gasteiger partial charge on any atom is 0.0730 e. The van der Waals surface area contributed by atoms with E-state index in [0.717, 1.165) is 45.0 Å². The summed E-state index contributed by atoms with van der Waals surface area (Å²) in [4.78, 5) is 13.1. The fourth-order valence-electron chi connectivity index (χ4n) is 3.68. The minimum Gasteiger partial charge on any atom is -0.353 e. The zero-order valence-corrected chi connectivity index (χ0v) is 15.8. The molecule has 0 aliphatic rings. The van der Waals surface area contributed by atoms with Gasteiger partial charge in [-0.1, -0.05) is 72.8 Å². The predicted octanol–water partition coefficient (Wildman–Crippen LogP) is 6.47. The van der Waals surface area contributed by atoms with Crippen molar-refractivity contribution >= 4 is 0 Å². The average molecular weight is 373 g/mol. The van der Waals surface area contributed by atoms with Gasteiger partial charge in [0.05, 0.1) is 22.8 Å². The van der Waals surface area contributed by atoms with Gasteiger partial charge in [-0.05, 0) is 35.4 Å². The highest BCUT2D eigenvalue weighted by molar-refractivity contribution is 5.99. The summed E-state index contributed by atoms with van der Waals surface area (Å²) in [5, 5.41) is 0. The molecule has 3 nitrogen and oxygen atoms in total. The van der Waals surface area contributed by atoms with Crippen LogP contribution in [0.2, 0.25) is 0 Å². The summed E-state index contributed by atoms with van der Waals surface area (Å²) >= 11 is 0. The molecule has 2 aromatic carbocycles. The summed E-state index contributed by atoms with van der Waals surface area (Å²) in [7, 11) is 0.